The molecule has 116 valence electrons. The van der Waals surface area contributed by atoms with Crippen LogP contribution in [0.4, 0.5) is 5.69 Å². The molecule has 0 saturated carbocycles. The molecule has 4 nitrogen and oxygen atoms in total. The van der Waals surface area contributed by atoms with Crippen molar-refractivity contribution in [2.45, 2.75) is 6.92 Å². The molecule has 2 aromatic rings. The van der Waals surface area contributed by atoms with Crippen LogP contribution < -0.4 is 15.8 Å². The third-order valence-corrected chi connectivity index (χ3v) is 3.78. The normalized spacial score (nSPS) is 16.7. The zero-order chi connectivity index (χ0) is 16.4. The number of ether oxygens (including phenoxy) is 1. The molecule has 2 aromatic carbocycles. The fourth-order valence-corrected chi connectivity index (χ4v) is 2.75. The maximum atomic E-state index is 10.9. The van der Waals surface area contributed by atoms with Gasteiger partial charge in [-0.05, 0) is 18.6 Å². The van der Waals surface area contributed by atoms with E-state index in [4.69, 9.17) is 9.84 Å². The average molecular weight is 307 g/mol. The second-order valence-corrected chi connectivity index (χ2v) is 5.36. The number of aryl methyl sites for hydroxylation is 1. The van der Waals surface area contributed by atoms with Gasteiger partial charge in [0, 0.05) is 33.5 Å². The topological polar surface area (TPSA) is 58.6 Å². The van der Waals surface area contributed by atoms with Crippen molar-refractivity contribution in [1.29, 1.82) is 0 Å². The second kappa shape index (κ2) is 6.01. The molecule has 0 spiro atoms. The zero-order valence-electron chi connectivity index (χ0n) is 12.8. The highest BCUT2D eigenvalue weighted by Gasteiger charge is 2.17. The summed E-state index contributed by atoms with van der Waals surface area (Å²) in [5.74, 6) is -0.520. The number of carboxylic acid groups (broad SMARTS) is 1. The van der Waals surface area contributed by atoms with Gasteiger partial charge in [-0.15, -0.1) is 0 Å². The summed E-state index contributed by atoms with van der Waals surface area (Å²) in [5.41, 5.74) is 3.57. The predicted molar refractivity (Wildman–Crippen MR) is 91.0 cm³/mol. The Labute approximate surface area is 134 Å². The van der Waals surface area contributed by atoms with Gasteiger partial charge in [0.2, 0.25) is 0 Å². The molecule has 0 amide bonds. The molecular weight excluding hydrogens is 290 g/mol. The zero-order valence-corrected chi connectivity index (χ0v) is 12.8. The predicted octanol–water partition coefficient (Wildman–Crippen LogP) is 2.08. The van der Waals surface area contributed by atoms with Gasteiger partial charge in [-0.3, -0.25) is 0 Å². The Bertz CT molecular complexity index is 912. The summed E-state index contributed by atoms with van der Waals surface area (Å²) < 4.78 is 5.60. The van der Waals surface area contributed by atoms with E-state index in [0.717, 1.165) is 27.3 Å². The minimum Gasteiger partial charge on any atom is -0.481 e. The number of hydrogen-bond acceptors (Lipinski definition) is 3. The first kappa shape index (κ1) is 14.9. The van der Waals surface area contributed by atoms with Gasteiger partial charge in [0.15, 0.2) is 6.61 Å². The summed E-state index contributed by atoms with van der Waals surface area (Å²) in [6.45, 7) is 5.76. The van der Waals surface area contributed by atoms with Crippen LogP contribution in [-0.4, -0.2) is 17.7 Å². The van der Waals surface area contributed by atoms with Gasteiger partial charge in [-0.1, -0.05) is 43.0 Å². The summed E-state index contributed by atoms with van der Waals surface area (Å²) in [4.78, 5) is 10.9. The fourth-order valence-electron chi connectivity index (χ4n) is 2.75. The smallest absolute Gasteiger partial charge is 0.341 e. The van der Waals surface area contributed by atoms with Crippen LogP contribution in [0.1, 0.15) is 11.1 Å². The van der Waals surface area contributed by atoms with Crippen molar-refractivity contribution in [1.82, 2.24) is 0 Å². The van der Waals surface area contributed by atoms with Gasteiger partial charge >= 0.3 is 5.97 Å². The van der Waals surface area contributed by atoms with Crippen molar-refractivity contribution in [3.05, 3.63) is 70.6 Å². The van der Waals surface area contributed by atoms with Gasteiger partial charge in [0.25, 0.3) is 0 Å². The molecule has 0 fully saturated rings. The van der Waals surface area contributed by atoms with E-state index >= 15 is 0 Å². The summed E-state index contributed by atoms with van der Waals surface area (Å²) in [6, 6.07) is 13.6. The van der Waals surface area contributed by atoms with Crippen molar-refractivity contribution in [2.24, 2.45) is 0 Å². The molecule has 2 N–H and O–H groups in total. The lowest BCUT2D eigenvalue weighted by Crippen LogP contribution is -2.30. The van der Waals surface area contributed by atoms with E-state index in [0.29, 0.717) is 11.3 Å². The monoisotopic (exact) mass is 307 g/mol. The lowest BCUT2D eigenvalue weighted by Gasteiger charge is -2.19. The Morgan fingerprint density at radius 2 is 2.00 bits per heavy atom. The quantitative estimate of drug-likeness (QED) is 0.911. The Morgan fingerprint density at radius 1 is 1.22 bits per heavy atom. The van der Waals surface area contributed by atoms with E-state index in [-0.39, 0.29) is 0 Å². The molecule has 0 aromatic heterocycles. The van der Waals surface area contributed by atoms with Crippen molar-refractivity contribution < 1.29 is 14.6 Å². The largest absolute Gasteiger partial charge is 0.481 e. The highest BCUT2D eigenvalue weighted by Crippen LogP contribution is 2.32. The number of nitrogens with one attached hydrogen (secondary N) is 1. The first-order valence-electron chi connectivity index (χ1n) is 7.28. The summed E-state index contributed by atoms with van der Waals surface area (Å²) in [5, 5.41) is 14.0. The first-order valence-corrected chi connectivity index (χ1v) is 7.28. The van der Waals surface area contributed by atoms with E-state index in [1.54, 1.807) is 0 Å². The van der Waals surface area contributed by atoms with Gasteiger partial charge in [-0.25, -0.2) is 4.79 Å². The maximum Gasteiger partial charge on any atom is 0.341 e. The molecule has 0 saturated heterocycles. The van der Waals surface area contributed by atoms with Gasteiger partial charge in [-0.2, -0.15) is 0 Å². The molecule has 0 radical (unpaired) electrons. The Kier molecular flexibility index (Phi) is 3.89. The van der Waals surface area contributed by atoms with Crippen molar-refractivity contribution >= 4 is 29.2 Å². The number of anilines is 1. The number of carbonyl (C=O) groups is 1. The molecule has 0 aliphatic carbocycles. The number of rotatable bonds is 3. The molecule has 1 aliphatic rings. The molecule has 0 bridgehead atoms. The summed E-state index contributed by atoms with van der Waals surface area (Å²) >= 11 is 0. The molecule has 3 rings (SSSR count). The second-order valence-electron chi connectivity index (χ2n) is 5.36. The average Bonchev–Trinajstić information content (AvgIpc) is 2.52. The molecular formula is C19H17NO3. The molecule has 0 unspecified atom stereocenters. The summed E-state index contributed by atoms with van der Waals surface area (Å²) in [6.07, 6.45) is 1.89. The lowest BCUT2D eigenvalue weighted by molar-refractivity contribution is -0.139. The van der Waals surface area contributed by atoms with Crippen molar-refractivity contribution in [3.8, 4) is 0 Å². The molecule has 1 aliphatic heterocycles. The van der Waals surface area contributed by atoms with Crippen LogP contribution in [0.5, 0.6) is 0 Å². The van der Waals surface area contributed by atoms with Crippen molar-refractivity contribution in [2.75, 3.05) is 11.9 Å². The van der Waals surface area contributed by atoms with Gasteiger partial charge < -0.3 is 15.2 Å². The van der Waals surface area contributed by atoms with E-state index in [9.17, 15) is 4.79 Å². The number of hydrogen-bond donors (Lipinski definition) is 2. The lowest BCUT2D eigenvalue weighted by atomic mass is 9.96. The van der Waals surface area contributed by atoms with Crippen LogP contribution >= 0.6 is 0 Å². The van der Waals surface area contributed by atoms with Crippen LogP contribution in [0.3, 0.4) is 0 Å². The number of benzene rings is 2. The number of aliphatic carboxylic acids is 1. The third-order valence-electron chi connectivity index (χ3n) is 3.78. The molecule has 1 heterocycles. The van der Waals surface area contributed by atoms with Crippen LogP contribution in [0.25, 0.3) is 17.5 Å². The van der Waals surface area contributed by atoms with Crippen LogP contribution in [0.15, 0.2) is 49.0 Å². The fraction of sp³-hybridized carbons (Fsp3) is 0.105. The number of fused-ring (bicyclic) bond motifs is 2. The minimum absolute atomic E-state index is 0.405. The van der Waals surface area contributed by atoms with E-state index < -0.39 is 12.6 Å². The van der Waals surface area contributed by atoms with E-state index in [2.05, 4.69) is 11.9 Å². The Morgan fingerprint density at radius 3 is 2.78 bits per heavy atom. The number of carboxylic acids is 1. The van der Waals surface area contributed by atoms with Crippen LogP contribution in [0, 0.1) is 6.92 Å². The van der Waals surface area contributed by atoms with Crippen molar-refractivity contribution in [3.63, 3.8) is 0 Å². The minimum atomic E-state index is -1.02. The van der Waals surface area contributed by atoms with Crippen LogP contribution in [-0.2, 0) is 9.53 Å². The maximum absolute atomic E-state index is 10.9. The van der Waals surface area contributed by atoms with Crippen LogP contribution in [0.2, 0.25) is 0 Å². The third kappa shape index (κ3) is 2.83. The SMILES string of the molecule is C=C1/C(OCC(=O)O)=c2/cccc/c2=C/Nc2cccc(C)c21. The van der Waals surface area contributed by atoms with Gasteiger partial charge in [0.1, 0.15) is 5.76 Å². The van der Waals surface area contributed by atoms with Gasteiger partial charge in [0.05, 0.1) is 0 Å². The Balaban J connectivity index is 2.28. The molecule has 23 heavy (non-hydrogen) atoms. The van der Waals surface area contributed by atoms with E-state index in [1.807, 2.05) is 55.6 Å². The Hall–Kier alpha value is -3.01. The molecule has 0 atom stereocenters. The highest BCUT2D eigenvalue weighted by atomic mass is 16.5. The first-order chi connectivity index (χ1) is 11.1. The highest BCUT2D eigenvalue weighted by molar-refractivity contribution is 5.99. The standard InChI is InChI=1S/C19H17NO3/c1-12-6-5-9-16-18(12)13(2)19(23-11-17(21)22)15-8-4-3-7-14(15)10-20-16/h3-10,20H,2,11H2,1H3,(H,21,22)/b14-10-,19-15+. The van der Waals surface area contributed by atoms with E-state index in [1.165, 1.54) is 0 Å². The molecule has 4 heteroatoms. The summed E-state index contributed by atoms with van der Waals surface area (Å²) in [7, 11) is 0.